The Balaban J connectivity index is 2.14. The molecule has 0 amide bonds. The number of rotatable bonds is 26. The van der Waals surface area contributed by atoms with Gasteiger partial charge in [-0.2, -0.15) is 0 Å². The average molecular weight is 669 g/mol. The fraction of sp³-hybridized carbons (Fsp3) is 0.600. The molecule has 0 spiro atoms. The molecule has 2 rings (SSSR count). The van der Waals surface area contributed by atoms with Gasteiger partial charge >= 0.3 is 11.9 Å². The minimum absolute atomic E-state index is 0.113. The van der Waals surface area contributed by atoms with Crippen LogP contribution in [0.25, 0.3) is 10.8 Å². The molecular weight excluding hydrogens is 608 g/mol. The standard InChI is InChI=1S/C40H60O8/c1-9-13-17-31(11-3)23-43-25-33(47-39(41)29(5)6)27-45-37-21-15-20-36-35(37)19-16-22-38(36)46-28-34(48-40(42)30(7)8)26-44-24-32(12-4)18-14-10-2/h15-16,19-22,31-34H,5,7,9-14,17-18,23-28H2,1-4,6,8H3. The third-order valence-corrected chi connectivity index (χ3v) is 8.34. The minimum atomic E-state index is -0.606. The molecule has 0 aliphatic carbocycles. The molecule has 268 valence electrons. The summed E-state index contributed by atoms with van der Waals surface area (Å²) in [4.78, 5) is 24.8. The molecule has 4 atom stereocenters. The Labute approximate surface area is 289 Å². The molecule has 4 unspecified atom stereocenters. The molecule has 2 aromatic rings. The van der Waals surface area contributed by atoms with Gasteiger partial charge in [0.2, 0.25) is 0 Å². The van der Waals surface area contributed by atoms with E-state index < -0.39 is 24.1 Å². The van der Waals surface area contributed by atoms with Gasteiger partial charge in [-0.15, -0.1) is 0 Å². The predicted octanol–water partition coefficient (Wildman–Crippen LogP) is 9.04. The van der Waals surface area contributed by atoms with Crippen molar-refractivity contribution in [3.05, 3.63) is 60.7 Å². The number of unbranched alkanes of at least 4 members (excludes halogenated alkanes) is 2. The largest absolute Gasteiger partial charge is 0.489 e. The van der Waals surface area contributed by atoms with Crippen LogP contribution in [0.2, 0.25) is 0 Å². The first kappa shape index (κ1) is 40.8. The van der Waals surface area contributed by atoms with E-state index in [9.17, 15) is 9.59 Å². The number of hydrogen-bond donors (Lipinski definition) is 0. The fourth-order valence-corrected chi connectivity index (χ4v) is 5.13. The normalized spacial score (nSPS) is 13.7. The van der Waals surface area contributed by atoms with Gasteiger partial charge in [0.05, 0.1) is 13.2 Å². The second-order valence-electron chi connectivity index (χ2n) is 12.8. The van der Waals surface area contributed by atoms with Gasteiger partial charge in [0.15, 0.2) is 12.2 Å². The molecule has 2 aromatic carbocycles. The van der Waals surface area contributed by atoms with Gasteiger partial charge in [-0.3, -0.25) is 0 Å². The number of fused-ring (bicyclic) bond motifs is 1. The van der Waals surface area contributed by atoms with Crippen molar-refractivity contribution in [1.29, 1.82) is 0 Å². The van der Waals surface area contributed by atoms with Gasteiger partial charge in [0, 0.05) is 35.1 Å². The summed E-state index contributed by atoms with van der Waals surface area (Å²) in [5.74, 6) is 1.22. The maximum Gasteiger partial charge on any atom is 0.333 e. The molecular formula is C40H60O8. The van der Waals surface area contributed by atoms with Gasteiger partial charge in [-0.25, -0.2) is 9.59 Å². The topological polar surface area (TPSA) is 89.5 Å². The summed E-state index contributed by atoms with van der Waals surface area (Å²) in [6.45, 7) is 21.3. The van der Waals surface area contributed by atoms with Crippen LogP contribution in [-0.4, -0.2) is 63.8 Å². The van der Waals surface area contributed by atoms with Crippen LogP contribution < -0.4 is 9.47 Å². The van der Waals surface area contributed by atoms with Crippen LogP contribution in [0.5, 0.6) is 11.5 Å². The van der Waals surface area contributed by atoms with Crippen LogP contribution in [0.15, 0.2) is 60.7 Å². The molecule has 0 radical (unpaired) electrons. The van der Waals surface area contributed by atoms with Crippen LogP contribution in [0.1, 0.15) is 92.9 Å². The number of carbonyl (C=O) groups excluding carboxylic acids is 2. The quantitative estimate of drug-likeness (QED) is 0.0725. The maximum atomic E-state index is 12.4. The first-order valence-electron chi connectivity index (χ1n) is 17.8. The Hall–Kier alpha value is -3.36. The van der Waals surface area contributed by atoms with Gasteiger partial charge in [-0.05, 0) is 50.7 Å². The summed E-state index contributed by atoms with van der Waals surface area (Å²) in [6.07, 6.45) is 7.72. The lowest BCUT2D eigenvalue weighted by molar-refractivity contribution is -0.150. The van der Waals surface area contributed by atoms with E-state index in [1.165, 1.54) is 12.8 Å². The van der Waals surface area contributed by atoms with Crippen molar-refractivity contribution in [2.24, 2.45) is 11.8 Å². The molecule has 0 saturated heterocycles. The van der Waals surface area contributed by atoms with E-state index in [1.54, 1.807) is 13.8 Å². The van der Waals surface area contributed by atoms with E-state index in [-0.39, 0.29) is 26.4 Å². The summed E-state index contributed by atoms with van der Waals surface area (Å²) in [5, 5.41) is 1.67. The van der Waals surface area contributed by atoms with Crippen LogP contribution >= 0.6 is 0 Å². The van der Waals surface area contributed by atoms with Crippen LogP contribution in [0, 0.1) is 11.8 Å². The number of carbonyl (C=O) groups is 2. The van der Waals surface area contributed by atoms with E-state index in [0.29, 0.717) is 47.7 Å². The Bertz CT molecular complexity index is 1170. The second-order valence-corrected chi connectivity index (χ2v) is 12.8. The summed E-state index contributed by atoms with van der Waals surface area (Å²) < 4.78 is 35.9. The highest BCUT2D eigenvalue weighted by Crippen LogP contribution is 2.32. The van der Waals surface area contributed by atoms with Crippen molar-refractivity contribution in [1.82, 2.24) is 0 Å². The van der Waals surface area contributed by atoms with E-state index >= 15 is 0 Å². The molecule has 8 nitrogen and oxygen atoms in total. The van der Waals surface area contributed by atoms with E-state index in [1.807, 2.05) is 36.4 Å². The molecule has 0 aliphatic rings. The summed E-state index contributed by atoms with van der Waals surface area (Å²) in [6, 6.07) is 11.4. The molecule has 48 heavy (non-hydrogen) atoms. The molecule has 0 aromatic heterocycles. The Morgan fingerprint density at radius 2 is 1.00 bits per heavy atom. The predicted molar refractivity (Wildman–Crippen MR) is 193 cm³/mol. The van der Waals surface area contributed by atoms with Crippen molar-refractivity contribution in [3.8, 4) is 11.5 Å². The third kappa shape index (κ3) is 14.8. The summed E-state index contributed by atoms with van der Waals surface area (Å²) in [7, 11) is 0. The van der Waals surface area contributed by atoms with E-state index in [2.05, 4.69) is 40.9 Å². The lowest BCUT2D eigenvalue weighted by Gasteiger charge is -2.22. The van der Waals surface area contributed by atoms with Gasteiger partial charge < -0.3 is 28.4 Å². The smallest absolute Gasteiger partial charge is 0.333 e. The zero-order valence-corrected chi connectivity index (χ0v) is 30.4. The highest BCUT2D eigenvalue weighted by Gasteiger charge is 2.21. The summed E-state index contributed by atoms with van der Waals surface area (Å²) >= 11 is 0. The summed E-state index contributed by atoms with van der Waals surface area (Å²) in [5.41, 5.74) is 0.640. The zero-order valence-electron chi connectivity index (χ0n) is 30.4. The highest BCUT2D eigenvalue weighted by atomic mass is 16.6. The van der Waals surface area contributed by atoms with Crippen LogP contribution in [0.3, 0.4) is 0 Å². The van der Waals surface area contributed by atoms with Gasteiger partial charge in [0.1, 0.15) is 24.7 Å². The van der Waals surface area contributed by atoms with E-state index in [4.69, 9.17) is 28.4 Å². The zero-order chi connectivity index (χ0) is 35.3. The minimum Gasteiger partial charge on any atom is -0.489 e. The monoisotopic (exact) mass is 668 g/mol. The fourth-order valence-electron chi connectivity index (χ4n) is 5.13. The highest BCUT2D eigenvalue weighted by molar-refractivity contribution is 5.93. The van der Waals surface area contributed by atoms with Gasteiger partial charge in [0.25, 0.3) is 0 Å². The Morgan fingerprint density at radius 1 is 0.604 bits per heavy atom. The molecule has 0 bridgehead atoms. The number of benzene rings is 2. The molecule has 0 heterocycles. The molecule has 8 heteroatoms. The second kappa shape index (κ2) is 23.1. The first-order valence-corrected chi connectivity index (χ1v) is 17.8. The average Bonchev–Trinajstić information content (AvgIpc) is 3.08. The Morgan fingerprint density at radius 3 is 1.33 bits per heavy atom. The maximum absolute atomic E-state index is 12.4. The van der Waals surface area contributed by atoms with Crippen LogP contribution in [-0.2, 0) is 28.5 Å². The van der Waals surface area contributed by atoms with Crippen molar-refractivity contribution in [3.63, 3.8) is 0 Å². The number of hydrogen-bond acceptors (Lipinski definition) is 8. The Kier molecular flexibility index (Phi) is 19.6. The molecule has 0 aliphatic heterocycles. The number of ether oxygens (including phenoxy) is 6. The molecule has 0 fully saturated rings. The first-order chi connectivity index (χ1) is 23.1. The number of esters is 2. The molecule has 0 saturated carbocycles. The SMILES string of the molecule is C=C(C)C(=O)OC(COCC(CC)CCCC)COc1cccc2c(OCC(COCC(CC)CCCC)OC(=O)C(=C)C)cccc12. The van der Waals surface area contributed by atoms with Crippen molar-refractivity contribution in [2.75, 3.05) is 39.6 Å². The van der Waals surface area contributed by atoms with Crippen molar-refractivity contribution >= 4 is 22.7 Å². The third-order valence-electron chi connectivity index (χ3n) is 8.34. The van der Waals surface area contributed by atoms with Crippen molar-refractivity contribution in [2.45, 2.75) is 105 Å². The van der Waals surface area contributed by atoms with Crippen molar-refractivity contribution < 1.29 is 38.0 Å². The molecule has 0 N–H and O–H groups in total. The lowest BCUT2D eigenvalue weighted by Crippen LogP contribution is -2.31. The van der Waals surface area contributed by atoms with E-state index in [0.717, 1.165) is 49.3 Å². The lowest BCUT2D eigenvalue weighted by atomic mass is 10.0. The van der Waals surface area contributed by atoms with Crippen LogP contribution in [0.4, 0.5) is 0 Å². The van der Waals surface area contributed by atoms with Gasteiger partial charge in [-0.1, -0.05) is 104 Å².